The van der Waals surface area contributed by atoms with Crippen LogP contribution in [0.2, 0.25) is 0 Å². The molecule has 2 atom stereocenters. The van der Waals surface area contributed by atoms with Gasteiger partial charge in [-0.15, -0.1) is 0 Å². The van der Waals surface area contributed by atoms with Crippen molar-refractivity contribution >= 4 is 0 Å². The maximum absolute atomic E-state index is 10.0. The molecule has 1 aromatic rings. The normalized spacial score (nSPS) is 14.6. The van der Waals surface area contributed by atoms with Crippen LogP contribution in [0.5, 0.6) is 5.75 Å². The first-order valence-corrected chi connectivity index (χ1v) is 6.26. The Hall–Kier alpha value is -1.10. The summed E-state index contributed by atoms with van der Waals surface area (Å²) in [5.74, 6) is 0.890. The van der Waals surface area contributed by atoms with Gasteiger partial charge in [-0.3, -0.25) is 0 Å². The summed E-state index contributed by atoms with van der Waals surface area (Å²) in [6, 6.07) is 5.93. The third-order valence-corrected chi connectivity index (χ3v) is 3.19. The fourth-order valence-electron chi connectivity index (χ4n) is 2.25. The predicted octanol–water partition coefficient (Wildman–Crippen LogP) is 1.18. The van der Waals surface area contributed by atoms with Gasteiger partial charge in [-0.05, 0) is 37.7 Å². The van der Waals surface area contributed by atoms with Crippen LogP contribution in [0.25, 0.3) is 0 Å². The average Bonchev–Trinajstić information content (AvgIpc) is 2.37. The van der Waals surface area contributed by atoms with Gasteiger partial charge in [-0.1, -0.05) is 19.1 Å². The van der Waals surface area contributed by atoms with E-state index in [0.29, 0.717) is 0 Å². The lowest BCUT2D eigenvalue weighted by Gasteiger charge is -2.29. The minimum Gasteiger partial charge on any atom is -0.496 e. The Labute approximate surface area is 109 Å². The summed E-state index contributed by atoms with van der Waals surface area (Å²) in [6.07, 6.45) is 0.327. The zero-order valence-electron chi connectivity index (χ0n) is 11.7. The molecule has 18 heavy (non-hydrogen) atoms. The van der Waals surface area contributed by atoms with Crippen LogP contribution in [0.3, 0.4) is 0 Å². The van der Waals surface area contributed by atoms with Crippen molar-refractivity contribution in [3.05, 3.63) is 29.3 Å². The van der Waals surface area contributed by atoms with Gasteiger partial charge in [0, 0.05) is 6.54 Å². The number of ether oxygens (including phenoxy) is 1. The summed E-state index contributed by atoms with van der Waals surface area (Å²) >= 11 is 0. The molecule has 0 heterocycles. The molecule has 0 saturated carbocycles. The predicted molar refractivity (Wildman–Crippen MR) is 73.9 cm³/mol. The molecule has 0 bridgehead atoms. The van der Waals surface area contributed by atoms with Crippen LogP contribution in [0.1, 0.15) is 24.1 Å². The van der Waals surface area contributed by atoms with Gasteiger partial charge in [0.25, 0.3) is 0 Å². The molecule has 0 amide bonds. The van der Waals surface area contributed by atoms with Crippen LogP contribution in [-0.2, 0) is 6.42 Å². The first-order chi connectivity index (χ1) is 8.54. The van der Waals surface area contributed by atoms with E-state index in [9.17, 15) is 5.11 Å². The van der Waals surface area contributed by atoms with Crippen LogP contribution < -0.4 is 10.5 Å². The van der Waals surface area contributed by atoms with Gasteiger partial charge in [0.15, 0.2) is 0 Å². The lowest BCUT2D eigenvalue weighted by atomic mass is 9.97. The Kier molecular flexibility index (Phi) is 5.59. The standard InChI is InChI=1S/C14H24N2O2/c1-5-10-8-11(6-7-13(10)18-4)14(16(2)3)12(17)9-15/h6-8,12,14,17H,5,9,15H2,1-4H3. The van der Waals surface area contributed by atoms with Crippen molar-refractivity contribution in [3.63, 3.8) is 0 Å². The minimum atomic E-state index is -0.571. The van der Waals surface area contributed by atoms with Crippen LogP contribution in [0, 0.1) is 0 Å². The summed E-state index contributed by atoms with van der Waals surface area (Å²) in [5, 5.41) is 10.0. The molecule has 0 radical (unpaired) electrons. The number of aliphatic hydroxyl groups is 1. The van der Waals surface area contributed by atoms with Gasteiger partial charge in [0.05, 0.1) is 19.3 Å². The van der Waals surface area contributed by atoms with E-state index in [1.54, 1.807) is 7.11 Å². The fraction of sp³-hybridized carbons (Fsp3) is 0.571. The number of methoxy groups -OCH3 is 1. The van der Waals surface area contributed by atoms with E-state index in [2.05, 4.69) is 13.0 Å². The van der Waals surface area contributed by atoms with Gasteiger partial charge in [0.1, 0.15) is 5.75 Å². The van der Waals surface area contributed by atoms with Gasteiger partial charge in [-0.2, -0.15) is 0 Å². The lowest BCUT2D eigenvalue weighted by Crippen LogP contribution is -2.36. The molecule has 4 nitrogen and oxygen atoms in total. The molecule has 4 heteroatoms. The Balaban J connectivity index is 3.13. The highest BCUT2D eigenvalue weighted by Crippen LogP contribution is 2.27. The molecule has 0 aliphatic carbocycles. The molecule has 0 aliphatic rings. The number of benzene rings is 1. The summed E-state index contributed by atoms with van der Waals surface area (Å²) in [6.45, 7) is 2.34. The number of nitrogens with two attached hydrogens (primary N) is 1. The molecular formula is C14H24N2O2. The van der Waals surface area contributed by atoms with Crippen molar-refractivity contribution in [1.82, 2.24) is 4.90 Å². The highest BCUT2D eigenvalue weighted by Gasteiger charge is 2.22. The molecule has 0 spiro atoms. The smallest absolute Gasteiger partial charge is 0.122 e. The molecule has 1 aromatic carbocycles. The number of aliphatic hydroxyl groups excluding tert-OH is 1. The number of nitrogens with zero attached hydrogens (tertiary/aromatic N) is 1. The molecule has 0 fully saturated rings. The Bertz CT molecular complexity index is 380. The van der Waals surface area contributed by atoms with Gasteiger partial charge in [-0.25, -0.2) is 0 Å². The zero-order valence-corrected chi connectivity index (χ0v) is 11.7. The van der Waals surface area contributed by atoms with Crippen LogP contribution in [-0.4, -0.2) is 43.9 Å². The summed E-state index contributed by atoms with van der Waals surface area (Å²) in [7, 11) is 5.56. The molecule has 2 unspecified atom stereocenters. The molecule has 0 aliphatic heterocycles. The third-order valence-electron chi connectivity index (χ3n) is 3.19. The Morgan fingerprint density at radius 3 is 2.50 bits per heavy atom. The van der Waals surface area contributed by atoms with Gasteiger partial charge in [0.2, 0.25) is 0 Å². The van der Waals surface area contributed by atoms with E-state index in [1.807, 2.05) is 31.1 Å². The van der Waals surface area contributed by atoms with Crippen molar-refractivity contribution in [2.45, 2.75) is 25.5 Å². The highest BCUT2D eigenvalue weighted by atomic mass is 16.5. The van der Waals surface area contributed by atoms with Gasteiger partial charge < -0.3 is 20.5 Å². The van der Waals surface area contributed by atoms with E-state index >= 15 is 0 Å². The number of aryl methyl sites for hydroxylation is 1. The van der Waals surface area contributed by atoms with E-state index in [-0.39, 0.29) is 12.6 Å². The Morgan fingerprint density at radius 1 is 1.39 bits per heavy atom. The third kappa shape index (κ3) is 3.22. The molecule has 0 aromatic heterocycles. The summed E-state index contributed by atoms with van der Waals surface area (Å²) in [4.78, 5) is 1.98. The Morgan fingerprint density at radius 2 is 2.06 bits per heavy atom. The molecular weight excluding hydrogens is 228 g/mol. The number of hydrogen-bond acceptors (Lipinski definition) is 4. The number of rotatable bonds is 6. The maximum atomic E-state index is 10.0. The summed E-state index contributed by atoms with van der Waals surface area (Å²) in [5.41, 5.74) is 7.78. The lowest BCUT2D eigenvalue weighted by molar-refractivity contribution is 0.0823. The largest absolute Gasteiger partial charge is 0.496 e. The second-order valence-corrected chi connectivity index (χ2v) is 4.64. The van der Waals surface area contributed by atoms with Crippen molar-refractivity contribution < 1.29 is 9.84 Å². The van der Waals surface area contributed by atoms with Crippen molar-refractivity contribution in [2.75, 3.05) is 27.7 Å². The summed E-state index contributed by atoms with van der Waals surface area (Å²) < 4.78 is 5.32. The van der Waals surface area contributed by atoms with Crippen molar-refractivity contribution in [2.24, 2.45) is 5.73 Å². The van der Waals surface area contributed by atoms with E-state index in [4.69, 9.17) is 10.5 Å². The van der Waals surface area contributed by atoms with Gasteiger partial charge >= 0.3 is 0 Å². The van der Waals surface area contributed by atoms with Crippen molar-refractivity contribution in [1.29, 1.82) is 0 Å². The minimum absolute atomic E-state index is 0.0915. The first kappa shape index (κ1) is 15.0. The molecule has 0 saturated heterocycles. The maximum Gasteiger partial charge on any atom is 0.122 e. The molecule has 3 N–H and O–H groups in total. The second kappa shape index (κ2) is 6.73. The topological polar surface area (TPSA) is 58.7 Å². The quantitative estimate of drug-likeness (QED) is 0.798. The molecule has 1 rings (SSSR count). The zero-order chi connectivity index (χ0) is 13.7. The van der Waals surface area contributed by atoms with E-state index < -0.39 is 6.10 Å². The second-order valence-electron chi connectivity index (χ2n) is 4.64. The van der Waals surface area contributed by atoms with Crippen molar-refractivity contribution in [3.8, 4) is 5.75 Å². The van der Waals surface area contributed by atoms with Crippen LogP contribution in [0.4, 0.5) is 0 Å². The average molecular weight is 252 g/mol. The SMILES string of the molecule is CCc1cc(C(C(O)CN)N(C)C)ccc1OC. The van der Waals surface area contributed by atoms with Crippen LogP contribution in [0.15, 0.2) is 18.2 Å². The van der Waals surface area contributed by atoms with Crippen LogP contribution >= 0.6 is 0 Å². The number of hydrogen-bond donors (Lipinski definition) is 2. The number of likely N-dealkylation sites (N-methyl/N-ethyl adjacent to an activating group) is 1. The van der Waals surface area contributed by atoms with E-state index in [0.717, 1.165) is 23.3 Å². The first-order valence-electron chi connectivity index (χ1n) is 6.26. The van der Waals surface area contributed by atoms with E-state index in [1.165, 1.54) is 0 Å². The fourth-order valence-corrected chi connectivity index (χ4v) is 2.25. The monoisotopic (exact) mass is 252 g/mol. The highest BCUT2D eigenvalue weighted by molar-refractivity contribution is 5.38. The molecule has 102 valence electrons.